The maximum atomic E-state index is 13.2. The van der Waals surface area contributed by atoms with Crippen molar-refractivity contribution in [3.8, 4) is 11.5 Å². The summed E-state index contributed by atoms with van der Waals surface area (Å²) in [6, 6.07) is 10.7. The van der Waals surface area contributed by atoms with Crippen molar-refractivity contribution in [2.45, 2.75) is 53.1 Å². The van der Waals surface area contributed by atoms with E-state index >= 15 is 0 Å². The number of amides is 2. The monoisotopic (exact) mass is 504 g/mol. The number of nitrogens with one attached hydrogen (secondary N) is 1. The minimum absolute atomic E-state index is 0.145. The van der Waals surface area contributed by atoms with Crippen LogP contribution in [0.3, 0.4) is 0 Å². The number of carbonyl (C=O) groups excluding carboxylic acids is 2. The first kappa shape index (κ1) is 25.7. The Hall–Kier alpha value is -2.54. The van der Waals surface area contributed by atoms with Crippen LogP contribution < -0.4 is 14.8 Å². The van der Waals surface area contributed by atoms with Gasteiger partial charge in [0.25, 0.3) is 5.91 Å². The molecule has 174 valence electrons. The first-order valence-electron chi connectivity index (χ1n) is 10.9. The van der Waals surface area contributed by atoms with Crippen LogP contribution in [-0.2, 0) is 16.1 Å². The van der Waals surface area contributed by atoms with Crippen LogP contribution in [-0.4, -0.2) is 43.0 Å². The minimum atomic E-state index is -0.576. The number of nitrogens with zero attached hydrogens (tertiary/aromatic N) is 1. The molecule has 0 aliphatic carbocycles. The summed E-state index contributed by atoms with van der Waals surface area (Å²) >= 11 is 3.54. The molecule has 0 unspecified atom stereocenters. The highest BCUT2D eigenvalue weighted by molar-refractivity contribution is 9.10. The summed E-state index contributed by atoms with van der Waals surface area (Å²) in [5.74, 6) is 0.984. The van der Waals surface area contributed by atoms with E-state index in [0.29, 0.717) is 25.3 Å². The molecule has 0 radical (unpaired) electrons. The molecular formula is C25H33BrN2O4. The van der Waals surface area contributed by atoms with E-state index < -0.39 is 6.04 Å². The van der Waals surface area contributed by atoms with E-state index in [1.807, 2.05) is 64.1 Å². The number of carbonyl (C=O) groups is 2. The number of halogens is 1. The van der Waals surface area contributed by atoms with Crippen molar-refractivity contribution in [3.05, 3.63) is 57.6 Å². The van der Waals surface area contributed by atoms with Gasteiger partial charge in [0, 0.05) is 17.6 Å². The fourth-order valence-electron chi connectivity index (χ4n) is 3.43. The second kappa shape index (κ2) is 12.5. The predicted octanol–water partition coefficient (Wildman–Crippen LogP) is 4.79. The quantitative estimate of drug-likeness (QED) is 0.477. The third-order valence-electron chi connectivity index (χ3n) is 5.22. The van der Waals surface area contributed by atoms with Gasteiger partial charge in [-0.1, -0.05) is 41.9 Å². The lowest BCUT2D eigenvalue weighted by Crippen LogP contribution is -2.50. The molecule has 0 aromatic heterocycles. The van der Waals surface area contributed by atoms with Crippen molar-refractivity contribution in [1.82, 2.24) is 10.2 Å². The van der Waals surface area contributed by atoms with Gasteiger partial charge >= 0.3 is 0 Å². The SMILES string of the molecule is CCCNC(=O)[C@@H](CC)N(Cc1ccc(OC)cc1)C(=O)COc1cc(C)c(Br)c(C)c1. The summed E-state index contributed by atoms with van der Waals surface area (Å²) in [4.78, 5) is 27.6. The normalized spacial score (nSPS) is 11.6. The highest BCUT2D eigenvalue weighted by Crippen LogP contribution is 2.26. The summed E-state index contributed by atoms with van der Waals surface area (Å²) in [6.07, 6.45) is 1.34. The summed E-state index contributed by atoms with van der Waals surface area (Å²) < 4.78 is 12.1. The summed E-state index contributed by atoms with van der Waals surface area (Å²) in [6.45, 7) is 8.61. The Morgan fingerprint density at radius 3 is 2.22 bits per heavy atom. The van der Waals surface area contributed by atoms with Crippen molar-refractivity contribution >= 4 is 27.7 Å². The summed E-state index contributed by atoms with van der Waals surface area (Å²) in [7, 11) is 1.61. The molecule has 0 bridgehead atoms. The van der Waals surface area contributed by atoms with Crippen molar-refractivity contribution in [2.24, 2.45) is 0 Å². The Morgan fingerprint density at radius 1 is 1.06 bits per heavy atom. The summed E-state index contributed by atoms with van der Waals surface area (Å²) in [5.41, 5.74) is 2.98. The van der Waals surface area contributed by atoms with Gasteiger partial charge in [-0.2, -0.15) is 0 Å². The lowest BCUT2D eigenvalue weighted by atomic mass is 10.1. The lowest BCUT2D eigenvalue weighted by Gasteiger charge is -2.30. The number of ether oxygens (including phenoxy) is 2. The molecule has 1 N–H and O–H groups in total. The Morgan fingerprint density at radius 2 is 1.69 bits per heavy atom. The standard InChI is InChI=1S/C25H33BrN2O4/c1-6-12-27-25(30)22(7-2)28(15-19-8-10-20(31-5)11-9-19)23(29)16-32-21-13-17(3)24(26)18(4)14-21/h8-11,13-14,22H,6-7,12,15-16H2,1-5H3,(H,27,30)/t22-/m1/s1. The highest BCUT2D eigenvalue weighted by atomic mass is 79.9. The molecule has 32 heavy (non-hydrogen) atoms. The molecule has 0 aliphatic rings. The molecule has 0 heterocycles. The largest absolute Gasteiger partial charge is 0.497 e. The number of rotatable bonds is 11. The van der Waals surface area contributed by atoms with E-state index in [-0.39, 0.29) is 18.4 Å². The van der Waals surface area contributed by atoms with E-state index in [2.05, 4.69) is 21.2 Å². The van der Waals surface area contributed by atoms with Gasteiger partial charge in [0.2, 0.25) is 5.91 Å². The van der Waals surface area contributed by atoms with Crippen molar-refractivity contribution in [2.75, 3.05) is 20.3 Å². The second-order valence-electron chi connectivity index (χ2n) is 7.74. The molecule has 2 rings (SSSR count). The Kier molecular flexibility index (Phi) is 10.0. The molecule has 0 saturated carbocycles. The van der Waals surface area contributed by atoms with Crippen LogP contribution in [0.15, 0.2) is 40.9 Å². The fourth-order valence-corrected chi connectivity index (χ4v) is 3.66. The topological polar surface area (TPSA) is 67.9 Å². The number of benzene rings is 2. The first-order valence-corrected chi connectivity index (χ1v) is 11.7. The average Bonchev–Trinajstić information content (AvgIpc) is 2.79. The van der Waals surface area contributed by atoms with Gasteiger partial charge in [0.1, 0.15) is 17.5 Å². The van der Waals surface area contributed by atoms with E-state index in [9.17, 15) is 9.59 Å². The van der Waals surface area contributed by atoms with Crippen molar-refractivity contribution in [1.29, 1.82) is 0 Å². The van der Waals surface area contributed by atoms with Crippen LogP contribution in [0, 0.1) is 13.8 Å². The molecule has 0 saturated heterocycles. The van der Waals surface area contributed by atoms with Crippen molar-refractivity contribution in [3.63, 3.8) is 0 Å². The number of aryl methyl sites for hydroxylation is 2. The van der Waals surface area contributed by atoms with Gasteiger partial charge in [0.05, 0.1) is 7.11 Å². The lowest BCUT2D eigenvalue weighted by molar-refractivity contribution is -0.143. The van der Waals surface area contributed by atoms with Gasteiger partial charge in [-0.15, -0.1) is 0 Å². The molecule has 2 aromatic carbocycles. The summed E-state index contributed by atoms with van der Waals surface area (Å²) in [5, 5.41) is 2.92. The second-order valence-corrected chi connectivity index (χ2v) is 8.54. The average molecular weight is 505 g/mol. The van der Waals surface area contributed by atoms with E-state index in [0.717, 1.165) is 33.3 Å². The third-order valence-corrected chi connectivity index (χ3v) is 6.47. The predicted molar refractivity (Wildman–Crippen MR) is 130 cm³/mol. The van der Waals surface area contributed by atoms with Crippen molar-refractivity contribution < 1.29 is 19.1 Å². The van der Waals surface area contributed by atoms with E-state index in [4.69, 9.17) is 9.47 Å². The zero-order valence-corrected chi connectivity index (χ0v) is 21.1. The molecular weight excluding hydrogens is 472 g/mol. The Labute approximate surface area is 199 Å². The van der Waals surface area contributed by atoms with Crippen LogP contribution in [0.25, 0.3) is 0 Å². The molecule has 1 atom stereocenters. The van der Waals surface area contributed by atoms with Gasteiger partial charge in [0.15, 0.2) is 6.61 Å². The van der Waals surface area contributed by atoms with E-state index in [1.165, 1.54) is 0 Å². The van der Waals surface area contributed by atoms with Crippen LogP contribution in [0.5, 0.6) is 11.5 Å². The smallest absolute Gasteiger partial charge is 0.261 e. The Balaban J connectivity index is 2.22. The number of hydrogen-bond acceptors (Lipinski definition) is 4. The van der Waals surface area contributed by atoms with Crippen LogP contribution >= 0.6 is 15.9 Å². The maximum Gasteiger partial charge on any atom is 0.261 e. The zero-order valence-electron chi connectivity index (χ0n) is 19.5. The van der Waals surface area contributed by atoms with Gasteiger partial charge < -0.3 is 19.7 Å². The van der Waals surface area contributed by atoms with Gasteiger partial charge in [-0.05, 0) is 67.6 Å². The molecule has 0 aliphatic heterocycles. The Bertz CT molecular complexity index is 892. The molecule has 0 spiro atoms. The van der Waals surface area contributed by atoms with E-state index in [1.54, 1.807) is 12.0 Å². The molecule has 2 aromatic rings. The highest BCUT2D eigenvalue weighted by Gasteiger charge is 2.28. The molecule has 6 nitrogen and oxygen atoms in total. The van der Waals surface area contributed by atoms with Crippen LogP contribution in [0.1, 0.15) is 43.4 Å². The van der Waals surface area contributed by atoms with Gasteiger partial charge in [-0.25, -0.2) is 0 Å². The third kappa shape index (κ3) is 6.99. The zero-order chi connectivity index (χ0) is 23.7. The maximum absolute atomic E-state index is 13.2. The molecule has 7 heteroatoms. The molecule has 0 fully saturated rings. The minimum Gasteiger partial charge on any atom is -0.497 e. The van der Waals surface area contributed by atoms with Crippen LogP contribution in [0.2, 0.25) is 0 Å². The number of methoxy groups -OCH3 is 1. The fraction of sp³-hybridized carbons (Fsp3) is 0.440. The van der Waals surface area contributed by atoms with Crippen LogP contribution in [0.4, 0.5) is 0 Å². The first-order chi connectivity index (χ1) is 15.3. The molecule has 2 amide bonds. The van der Waals surface area contributed by atoms with Gasteiger partial charge in [-0.3, -0.25) is 9.59 Å². The number of hydrogen-bond donors (Lipinski definition) is 1.